The van der Waals surface area contributed by atoms with Gasteiger partial charge in [0, 0.05) is 31.7 Å². The fraction of sp³-hybridized carbons (Fsp3) is 0.480. The number of nitrogens with zero attached hydrogens (tertiary/aromatic N) is 2. The fourth-order valence-corrected chi connectivity index (χ4v) is 5.34. The molecule has 2 aliphatic heterocycles. The van der Waals surface area contributed by atoms with E-state index in [-0.39, 0.29) is 12.3 Å². The highest BCUT2D eigenvalue weighted by Gasteiger charge is 2.41. The molecule has 0 aliphatic carbocycles. The molecule has 2 N–H and O–H groups in total. The molecule has 0 aromatic heterocycles. The molecule has 0 spiro atoms. The highest BCUT2D eigenvalue weighted by atomic mass is 19.4. The minimum absolute atomic E-state index is 0.159. The first kappa shape index (κ1) is 23.6. The van der Waals surface area contributed by atoms with Gasteiger partial charge in [0.25, 0.3) is 0 Å². The van der Waals surface area contributed by atoms with Crippen molar-refractivity contribution >= 4 is 5.91 Å². The van der Waals surface area contributed by atoms with Crippen molar-refractivity contribution in [2.75, 3.05) is 19.7 Å². The number of amides is 1. The summed E-state index contributed by atoms with van der Waals surface area (Å²) in [6, 6.07) is 13.0. The first-order chi connectivity index (χ1) is 15.7. The topological polar surface area (TPSA) is 64.0 Å². The summed E-state index contributed by atoms with van der Waals surface area (Å²) in [6.45, 7) is 0.596. The summed E-state index contributed by atoms with van der Waals surface area (Å²) in [4.78, 5) is 16.3. The molecular weight excluding hydrogens is 433 g/mol. The second-order valence-corrected chi connectivity index (χ2v) is 9.05. The van der Waals surface area contributed by atoms with E-state index in [0.29, 0.717) is 36.7 Å². The average Bonchev–Trinajstić information content (AvgIpc) is 3.02. The molecule has 33 heavy (non-hydrogen) atoms. The van der Waals surface area contributed by atoms with Crippen LogP contribution >= 0.6 is 0 Å². The zero-order valence-electron chi connectivity index (χ0n) is 18.3. The van der Waals surface area contributed by atoms with Crippen molar-refractivity contribution in [2.24, 2.45) is 0 Å². The Morgan fingerprint density at radius 3 is 2.30 bits per heavy atom. The lowest BCUT2D eigenvalue weighted by molar-refractivity contribution is -0.138. The SMILES string of the molecule is O=C(CO)N(CCN1[C@@H]2CC[C@H]1C[C@@H](c1cccc(O)c1)C2)Cc1ccc(C(F)(F)F)cc1. The second-order valence-electron chi connectivity index (χ2n) is 9.05. The second kappa shape index (κ2) is 9.73. The van der Waals surface area contributed by atoms with Crippen LogP contribution in [0.4, 0.5) is 13.2 Å². The van der Waals surface area contributed by atoms with Crippen molar-refractivity contribution in [3.05, 3.63) is 65.2 Å². The van der Waals surface area contributed by atoms with E-state index in [9.17, 15) is 28.2 Å². The van der Waals surface area contributed by atoms with Crippen LogP contribution < -0.4 is 0 Å². The van der Waals surface area contributed by atoms with E-state index in [2.05, 4.69) is 11.0 Å². The molecule has 5 nitrogen and oxygen atoms in total. The van der Waals surface area contributed by atoms with Gasteiger partial charge < -0.3 is 15.1 Å². The van der Waals surface area contributed by atoms with Crippen LogP contribution in [0.15, 0.2) is 48.5 Å². The van der Waals surface area contributed by atoms with E-state index >= 15 is 0 Å². The highest BCUT2D eigenvalue weighted by molar-refractivity contribution is 5.77. The van der Waals surface area contributed by atoms with E-state index in [1.54, 1.807) is 6.07 Å². The van der Waals surface area contributed by atoms with Gasteiger partial charge in [-0.2, -0.15) is 13.2 Å². The van der Waals surface area contributed by atoms with Crippen LogP contribution in [0.1, 0.15) is 48.3 Å². The molecule has 4 rings (SSSR count). The molecule has 0 saturated carbocycles. The van der Waals surface area contributed by atoms with E-state index in [1.165, 1.54) is 17.0 Å². The monoisotopic (exact) mass is 462 g/mol. The first-order valence-corrected chi connectivity index (χ1v) is 11.3. The maximum atomic E-state index is 12.8. The number of phenols is 1. The maximum absolute atomic E-state index is 12.8. The third-order valence-electron chi connectivity index (χ3n) is 7.00. The summed E-state index contributed by atoms with van der Waals surface area (Å²) in [7, 11) is 0. The number of aromatic hydroxyl groups is 1. The Balaban J connectivity index is 1.38. The number of rotatable bonds is 7. The molecule has 2 fully saturated rings. The van der Waals surface area contributed by atoms with Crippen LogP contribution in [0, 0.1) is 0 Å². The number of benzene rings is 2. The first-order valence-electron chi connectivity index (χ1n) is 11.3. The molecule has 0 unspecified atom stereocenters. The molecule has 1 amide bonds. The number of piperidine rings is 1. The Morgan fingerprint density at radius 1 is 1.06 bits per heavy atom. The Bertz CT molecular complexity index is 950. The zero-order chi connectivity index (χ0) is 23.6. The highest BCUT2D eigenvalue weighted by Crippen LogP contribution is 2.43. The van der Waals surface area contributed by atoms with Gasteiger partial charge in [-0.1, -0.05) is 24.3 Å². The van der Waals surface area contributed by atoms with Gasteiger partial charge in [0.2, 0.25) is 5.91 Å². The smallest absolute Gasteiger partial charge is 0.416 e. The molecule has 2 aliphatic rings. The van der Waals surface area contributed by atoms with Gasteiger partial charge in [0.15, 0.2) is 0 Å². The Labute approximate surface area is 191 Å². The number of alkyl halides is 3. The molecule has 178 valence electrons. The van der Waals surface area contributed by atoms with Gasteiger partial charge in [-0.05, 0) is 67.0 Å². The number of hydrogen-bond acceptors (Lipinski definition) is 4. The van der Waals surface area contributed by atoms with Gasteiger partial charge in [-0.3, -0.25) is 9.69 Å². The minimum Gasteiger partial charge on any atom is -0.508 e. The van der Waals surface area contributed by atoms with Gasteiger partial charge in [-0.25, -0.2) is 0 Å². The van der Waals surface area contributed by atoms with Crippen molar-refractivity contribution in [3.8, 4) is 5.75 Å². The normalized spacial score (nSPS) is 23.0. The summed E-state index contributed by atoms with van der Waals surface area (Å²) >= 11 is 0. The summed E-state index contributed by atoms with van der Waals surface area (Å²) in [6.07, 6.45) is -0.234. The third-order valence-corrected chi connectivity index (χ3v) is 7.00. The molecule has 8 heteroatoms. The number of halogens is 3. The van der Waals surface area contributed by atoms with Crippen LogP contribution in [-0.2, 0) is 17.5 Å². The van der Waals surface area contributed by atoms with Crippen molar-refractivity contribution in [3.63, 3.8) is 0 Å². The van der Waals surface area contributed by atoms with E-state index in [1.807, 2.05) is 12.1 Å². The van der Waals surface area contributed by atoms with E-state index in [0.717, 1.165) is 43.4 Å². The van der Waals surface area contributed by atoms with Crippen LogP contribution in [0.25, 0.3) is 0 Å². The maximum Gasteiger partial charge on any atom is 0.416 e. The Hall–Kier alpha value is -2.58. The average molecular weight is 463 g/mol. The molecular formula is C25H29F3N2O3. The van der Waals surface area contributed by atoms with Crippen molar-refractivity contribution in [1.29, 1.82) is 0 Å². The van der Waals surface area contributed by atoms with Crippen molar-refractivity contribution in [2.45, 2.75) is 56.4 Å². The molecule has 2 saturated heterocycles. The van der Waals surface area contributed by atoms with Gasteiger partial charge >= 0.3 is 6.18 Å². The number of carbonyl (C=O) groups is 1. The summed E-state index contributed by atoms with van der Waals surface area (Å²) in [5.41, 5.74) is 1.03. The number of phenolic OH excluding ortho intramolecular Hbond substituents is 1. The van der Waals surface area contributed by atoms with Crippen LogP contribution in [0.2, 0.25) is 0 Å². The molecule has 2 bridgehead atoms. The van der Waals surface area contributed by atoms with Crippen molar-refractivity contribution < 1.29 is 28.2 Å². The van der Waals surface area contributed by atoms with Crippen molar-refractivity contribution in [1.82, 2.24) is 9.80 Å². The lowest BCUT2D eigenvalue weighted by atomic mass is 9.85. The quantitative estimate of drug-likeness (QED) is 0.649. The zero-order valence-corrected chi connectivity index (χ0v) is 18.3. The minimum atomic E-state index is -4.40. The summed E-state index contributed by atoms with van der Waals surface area (Å²) in [5.74, 6) is 0.244. The molecule has 2 aromatic carbocycles. The standard InChI is InChI=1S/C25H29F3N2O3/c26-25(27,28)20-6-4-17(5-7-20)15-29(24(33)16-31)10-11-30-21-8-9-22(30)13-19(12-21)18-2-1-3-23(32)14-18/h1-7,14,19,21-22,31-32H,8-13,15-16H2/t19-,21+,22-. The van der Waals surface area contributed by atoms with Crippen LogP contribution in [0.5, 0.6) is 5.75 Å². The predicted molar refractivity (Wildman–Crippen MR) is 118 cm³/mol. The van der Waals surface area contributed by atoms with E-state index in [4.69, 9.17) is 0 Å². The van der Waals surface area contributed by atoms with Gasteiger partial charge in [0.05, 0.1) is 5.56 Å². The molecule has 3 atom stereocenters. The van der Waals surface area contributed by atoms with Gasteiger partial charge in [-0.15, -0.1) is 0 Å². The number of fused-ring (bicyclic) bond motifs is 2. The number of aliphatic hydroxyl groups excluding tert-OH is 1. The lowest BCUT2D eigenvalue weighted by Gasteiger charge is -2.40. The summed E-state index contributed by atoms with van der Waals surface area (Å²) < 4.78 is 38.4. The molecule has 2 aromatic rings. The Kier molecular flexibility index (Phi) is 6.95. The number of carbonyl (C=O) groups excluding carboxylic acids is 1. The van der Waals surface area contributed by atoms with Crippen LogP contribution in [0.3, 0.4) is 0 Å². The third kappa shape index (κ3) is 5.50. The summed E-state index contributed by atoms with van der Waals surface area (Å²) in [5, 5.41) is 19.2. The number of hydrogen-bond donors (Lipinski definition) is 2. The Morgan fingerprint density at radius 2 is 1.73 bits per heavy atom. The van der Waals surface area contributed by atoms with Gasteiger partial charge in [0.1, 0.15) is 12.4 Å². The molecule has 0 radical (unpaired) electrons. The van der Waals surface area contributed by atoms with E-state index < -0.39 is 24.3 Å². The fourth-order valence-electron chi connectivity index (χ4n) is 5.34. The lowest BCUT2D eigenvalue weighted by Crippen LogP contribution is -2.47. The molecule has 2 heterocycles. The van der Waals surface area contributed by atoms with Crippen LogP contribution in [-0.4, -0.2) is 57.7 Å². The number of aliphatic hydroxyl groups is 1. The predicted octanol–water partition coefficient (Wildman–Crippen LogP) is 4.14. The largest absolute Gasteiger partial charge is 0.508 e.